The Kier molecular flexibility index (Phi) is 9.00. The molecule has 0 aliphatic carbocycles. The Hall–Kier alpha value is -3.45. The Bertz CT molecular complexity index is 1210. The number of imidazole rings is 1. The number of hydrogen-bond acceptors (Lipinski definition) is 9. The minimum atomic E-state index is -0.843. The number of hydrogen-bond donors (Lipinski definition) is 3. The number of rotatable bonds is 11. The van der Waals surface area contributed by atoms with Crippen LogP contribution in [0.5, 0.6) is 6.01 Å². The third-order valence-electron chi connectivity index (χ3n) is 6.00. The molecule has 12 heteroatoms. The van der Waals surface area contributed by atoms with Crippen molar-refractivity contribution in [1.82, 2.24) is 30.2 Å². The number of nitrogens with one attached hydrogen (secondary N) is 2. The van der Waals surface area contributed by atoms with Gasteiger partial charge in [-0.25, -0.2) is 14.4 Å². The van der Waals surface area contributed by atoms with Crippen molar-refractivity contribution in [2.75, 3.05) is 53.6 Å². The zero-order chi connectivity index (χ0) is 27.1. The Morgan fingerprint density at radius 3 is 2.66 bits per heavy atom. The van der Waals surface area contributed by atoms with Crippen molar-refractivity contribution < 1.29 is 28.5 Å². The van der Waals surface area contributed by atoms with Crippen LogP contribution in [0.1, 0.15) is 25.5 Å². The number of aromatic nitrogens is 4. The van der Waals surface area contributed by atoms with Gasteiger partial charge in [-0.05, 0) is 64.3 Å². The number of halogens is 1. The van der Waals surface area contributed by atoms with Crippen LogP contribution in [0.15, 0.2) is 36.5 Å². The number of aliphatic hydroxyl groups is 1. The molecule has 0 radical (unpaired) electrons. The summed E-state index contributed by atoms with van der Waals surface area (Å²) in [6.07, 6.45) is 1.53. The molecule has 11 nitrogen and oxygen atoms in total. The second-order valence-electron chi connectivity index (χ2n) is 9.58. The predicted molar refractivity (Wildman–Crippen MR) is 137 cm³/mol. The van der Waals surface area contributed by atoms with E-state index in [-0.39, 0.29) is 44.2 Å². The van der Waals surface area contributed by atoms with Gasteiger partial charge in [0.2, 0.25) is 12.2 Å². The van der Waals surface area contributed by atoms with E-state index in [1.54, 1.807) is 25.1 Å². The smallest absolute Gasteiger partial charge is 0.317 e. The van der Waals surface area contributed by atoms with Crippen molar-refractivity contribution in [3.8, 4) is 28.7 Å². The molecule has 1 saturated heterocycles. The summed E-state index contributed by atoms with van der Waals surface area (Å²) in [5.41, 5.74) is 1.32. The molecule has 0 saturated carbocycles. The Morgan fingerprint density at radius 1 is 1.24 bits per heavy atom. The van der Waals surface area contributed by atoms with Crippen LogP contribution in [0.25, 0.3) is 22.6 Å². The molecule has 0 atom stereocenters. The average molecular weight is 529 g/mol. The number of carbonyl (C=O) groups is 1. The van der Waals surface area contributed by atoms with Crippen LogP contribution in [0, 0.1) is 11.2 Å². The molecule has 38 heavy (non-hydrogen) atoms. The molecule has 0 spiro atoms. The SMILES string of the molecule is CN(C)CCCNC(=O)C1(C)COC(c2nc(-c3ccc(F)cc3)c(-c3ccnc(OCCO)n3)[nH]2)OC1. The number of carbonyl (C=O) groups excluding carboxylic acids is 1. The first-order chi connectivity index (χ1) is 18.3. The molecule has 1 aliphatic heterocycles. The number of nitrogens with zero attached hydrogens (tertiary/aromatic N) is 4. The van der Waals surface area contributed by atoms with Crippen LogP contribution >= 0.6 is 0 Å². The molecule has 3 N–H and O–H groups in total. The topological polar surface area (TPSA) is 135 Å². The van der Waals surface area contributed by atoms with Crippen LogP contribution < -0.4 is 10.1 Å². The average Bonchev–Trinajstić information content (AvgIpc) is 3.36. The fourth-order valence-corrected chi connectivity index (χ4v) is 3.90. The molecular weight excluding hydrogens is 495 g/mol. The van der Waals surface area contributed by atoms with Gasteiger partial charge in [0, 0.05) is 18.3 Å². The summed E-state index contributed by atoms with van der Waals surface area (Å²) in [6, 6.07) is 7.69. The number of aliphatic hydroxyl groups excluding tert-OH is 1. The zero-order valence-corrected chi connectivity index (χ0v) is 21.7. The Labute approximate surface area is 220 Å². The van der Waals surface area contributed by atoms with E-state index in [9.17, 15) is 9.18 Å². The third-order valence-corrected chi connectivity index (χ3v) is 6.00. The number of amides is 1. The molecule has 1 fully saturated rings. The Balaban J connectivity index is 1.53. The number of H-pyrrole nitrogens is 1. The van der Waals surface area contributed by atoms with Gasteiger partial charge in [-0.2, -0.15) is 4.98 Å². The largest absolute Gasteiger partial charge is 0.461 e. The van der Waals surface area contributed by atoms with Crippen molar-refractivity contribution in [2.45, 2.75) is 19.6 Å². The van der Waals surface area contributed by atoms with E-state index in [1.165, 1.54) is 18.3 Å². The lowest BCUT2D eigenvalue weighted by Crippen LogP contribution is -2.49. The fourth-order valence-electron chi connectivity index (χ4n) is 3.90. The monoisotopic (exact) mass is 528 g/mol. The lowest BCUT2D eigenvalue weighted by atomic mass is 9.91. The second-order valence-corrected chi connectivity index (χ2v) is 9.58. The molecule has 1 aromatic carbocycles. The van der Waals surface area contributed by atoms with Crippen LogP contribution in [0.3, 0.4) is 0 Å². The van der Waals surface area contributed by atoms with Crippen LogP contribution in [0.4, 0.5) is 4.39 Å². The van der Waals surface area contributed by atoms with Crippen molar-refractivity contribution in [3.63, 3.8) is 0 Å². The molecule has 2 aromatic heterocycles. The zero-order valence-electron chi connectivity index (χ0n) is 21.7. The number of ether oxygens (including phenoxy) is 3. The van der Waals surface area contributed by atoms with Gasteiger partial charge in [-0.3, -0.25) is 4.79 Å². The minimum absolute atomic E-state index is 0.0499. The maximum absolute atomic E-state index is 13.6. The summed E-state index contributed by atoms with van der Waals surface area (Å²) in [5, 5.41) is 12.0. The molecule has 3 aromatic rings. The maximum Gasteiger partial charge on any atom is 0.317 e. The van der Waals surface area contributed by atoms with Gasteiger partial charge in [-0.1, -0.05) is 0 Å². The van der Waals surface area contributed by atoms with Crippen molar-refractivity contribution in [2.24, 2.45) is 5.41 Å². The van der Waals surface area contributed by atoms with Gasteiger partial charge in [0.1, 0.15) is 12.4 Å². The molecule has 0 bridgehead atoms. The van der Waals surface area contributed by atoms with E-state index in [0.717, 1.165) is 13.0 Å². The molecule has 0 unspecified atom stereocenters. The minimum Gasteiger partial charge on any atom is -0.461 e. The lowest BCUT2D eigenvalue weighted by molar-refractivity contribution is -0.231. The van der Waals surface area contributed by atoms with E-state index in [2.05, 4.69) is 25.2 Å². The molecule has 204 valence electrons. The second kappa shape index (κ2) is 12.4. The van der Waals surface area contributed by atoms with Crippen LogP contribution in [-0.4, -0.2) is 89.5 Å². The first-order valence-electron chi connectivity index (χ1n) is 12.4. The van der Waals surface area contributed by atoms with Gasteiger partial charge >= 0.3 is 6.01 Å². The first kappa shape index (κ1) is 27.6. The Morgan fingerprint density at radius 2 is 1.97 bits per heavy atom. The van der Waals surface area contributed by atoms with E-state index >= 15 is 0 Å². The molecule has 3 heterocycles. The molecule has 1 aliphatic rings. The molecule has 1 amide bonds. The van der Waals surface area contributed by atoms with Gasteiger partial charge in [-0.15, -0.1) is 0 Å². The third kappa shape index (κ3) is 6.70. The highest BCUT2D eigenvalue weighted by Gasteiger charge is 2.40. The van der Waals surface area contributed by atoms with E-state index in [0.29, 0.717) is 35.0 Å². The summed E-state index contributed by atoms with van der Waals surface area (Å²) in [5.74, 6) is -0.117. The van der Waals surface area contributed by atoms with Gasteiger partial charge < -0.3 is 34.5 Å². The summed E-state index contributed by atoms with van der Waals surface area (Å²) < 4.78 is 30.9. The highest BCUT2D eigenvalue weighted by atomic mass is 19.1. The highest BCUT2D eigenvalue weighted by molar-refractivity contribution is 5.82. The van der Waals surface area contributed by atoms with Gasteiger partial charge in [0.05, 0.1) is 42.3 Å². The normalized spacial score (nSPS) is 19.5. The predicted octanol–water partition coefficient (Wildman–Crippen LogP) is 2.16. The maximum atomic E-state index is 13.6. The summed E-state index contributed by atoms with van der Waals surface area (Å²) in [4.78, 5) is 31.2. The standard InChI is InChI=1S/C26H33FN6O5/c1-26(24(35)28-10-4-12-33(2)3)15-37-23(38-16-26)22-31-20(17-5-7-18(27)8-6-17)21(32-22)19-9-11-29-25(30-19)36-14-13-34/h5-9,11,23,34H,4,10,12-16H2,1-3H3,(H,28,35)(H,31,32). The number of benzene rings is 1. The van der Waals surface area contributed by atoms with Crippen molar-refractivity contribution in [3.05, 3.63) is 48.2 Å². The van der Waals surface area contributed by atoms with Gasteiger partial charge in [0.25, 0.3) is 0 Å². The quantitative estimate of drug-likeness (QED) is 0.320. The lowest BCUT2D eigenvalue weighted by Gasteiger charge is -2.35. The first-order valence-corrected chi connectivity index (χ1v) is 12.4. The van der Waals surface area contributed by atoms with E-state index in [4.69, 9.17) is 24.3 Å². The number of aromatic amines is 1. The molecular formula is C26H33FN6O5. The fraction of sp³-hybridized carbons (Fsp3) is 0.462. The van der Waals surface area contributed by atoms with Crippen molar-refractivity contribution in [1.29, 1.82) is 0 Å². The summed E-state index contributed by atoms with van der Waals surface area (Å²) in [6.45, 7) is 3.42. The van der Waals surface area contributed by atoms with Gasteiger partial charge in [0.15, 0.2) is 5.82 Å². The van der Waals surface area contributed by atoms with Crippen LogP contribution in [0.2, 0.25) is 0 Å². The summed E-state index contributed by atoms with van der Waals surface area (Å²) in [7, 11) is 3.98. The van der Waals surface area contributed by atoms with Crippen molar-refractivity contribution >= 4 is 5.91 Å². The van der Waals surface area contributed by atoms with E-state index in [1.807, 2.05) is 14.1 Å². The summed E-state index contributed by atoms with van der Waals surface area (Å²) >= 11 is 0. The van der Waals surface area contributed by atoms with Crippen LogP contribution in [-0.2, 0) is 14.3 Å². The molecule has 4 rings (SSSR count). The van der Waals surface area contributed by atoms with E-state index < -0.39 is 11.7 Å². The highest BCUT2D eigenvalue weighted by Crippen LogP contribution is 2.35.